The average Bonchev–Trinajstić information content (AvgIpc) is 3.56. The first-order chi connectivity index (χ1) is 14.1. The van der Waals surface area contributed by atoms with E-state index in [0.717, 1.165) is 38.7 Å². The molecule has 0 spiro atoms. The summed E-state index contributed by atoms with van der Waals surface area (Å²) in [7, 11) is 0. The Labute approximate surface area is 180 Å². The Balaban J connectivity index is 2.85. The van der Waals surface area contributed by atoms with Gasteiger partial charge < -0.3 is 23.7 Å². The lowest BCUT2D eigenvalue weighted by Gasteiger charge is -2.42. The number of epoxide rings is 1. The monoisotopic (exact) mass is 416 g/mol. The SMILES string of the molecule is CCCCCCCCC(C(C)OCC1CO1)C(OCCC)(OCCC)OCCC. The Morgan fingerprint density at radius 3 is 1.79 bits per heavy atom. The van der Waals surface area contributed by atoms with Gasteiger partial charge in [0, 0.05) is 0 Å². The molecular formula is C24H48O5. The molecule has 0 aliphatic carbocycles. The third kappa shape index (κ3) is 11.1. The van der Waals surface area contributed by atoms with Gasteiger partial charge in [-0.15, -0.1) is 0 Å². The first kappa shape index (κ1) is 26.8. The van der Waals surface area contributed by atoms with Crippen LogP contribution in [0.3, 0.4) is 0 Å². The van der Waals surface area contributed by atoms with Crippen LogP contribution in [0.5, 0.6) is 0 Å². The van der Waals surface area contributed by atoms with Gasteiger partial charge in [-0.2, -0.15) is 0 Å². The van der Waals surface area contributed by atoms with E-state index in [4.69, 9.17) is 23.7 Å². The van der Waals surface area contributed by atoms with E-state index in [1.54, 1.807) is 0 Å². The summed E-state index contributed by atoms with van der Waals surface area (Å²) >= 11 is 0. The molecule has 5 nitrogen and oxygen atoms in total. The summed E-state index contributed by atoms with van der Waals surface area (Å²) in [6.45, 7) is 14.1. The van der Waals surface area contributed by atoms with E-state index >= 15 is 0 Å². The smallest absolute Gasteiger partial charge is 0.288 e. The van der Waals surface area contributed by atoms with E-state index in [-0.39, 0.29) is 18.1 Å². The summed E-state index contributed by atoms with van der Waals surface area (Å²) in [5, 5.41) is 0. The molecule has 0 aromatic heterocycles. The molecule has 0 aromatic carbocycles. The summed E-state index contributed by atoms with van der Waals surface area (Å²) in [4.78, 5) is 0. The molecule has 3 atom stereocenters. The molecule has 0 bridgehead atoms. The number of hydrogen-bond donors (Lipinski definition) is 0. The lowest BCUT2D eigenvalue weighted by atomic mass is 9.92. The number of unbranched alkanes of at least 4 members (excludes halogenated alkanes) is 5. The van der Waals surface area contributed by atoms with Crippen molar-refractivity contribution < 1.29 is 23.7 Å². The molecule has 0 amide bonds. The maximum atomic E-state index is 6.33. The van der Waals surface area contributed by atoms with Crippen LogP contribution in [0, 0.1) is 5.92 Å². The van der Waals surface area contributed by atoms with Crippen LogP contribution < -0.4 is 0 Å². The quantitative estimate of drug-likeness (QED) is 0.129. The number of rotatable bonds is 21. The Bertz CT molecular complexity index is 351. The van der Waals surface area contributed by atoms with Gasteiger partial charge in [0.15, 0.2) is 0 Å². The molecule has 1 fully saturated rings. The number of ether oxygens (including phenoxy) is 5. The Hall–Kier alpha value is -0.200. The van der Waals surface area contributed by atoms with Crippen molar-refractivity contribution in [2.24, 2.45) is 5.92 Å². The van der Waals surface area contributed by atoms with Crippen molar-refractivity contribution in [1.29, 1.82) is 0 Å². The lowest BCUT2D eigenvalue weighted by molar-refractivity contribution is -0.414. The average molecular weight is 417 g/mol. The van der Waals surface area contributed by atoms with Gasteiger partial charge in [0.25, 0.3) is 5.97 Å². The van der Waals surface area contributed by atoms with E-state index in [1.165, 1.54) is 32.1 Å². The minimum atomic E-state index is -1.02. The topological polar surface area (TPSA) is 49.5 Å². The highest BCUT2D eigenvalue weighted by Crippen LogP contribution is 2.35. The van der Waals surface area contributed by atoms with Crippen LogP contribution in [-0.2, 0) is 23.7 Å². The van der Waals surface area contributed by atoms with Gasteiger partial charge in [-0.25, -0.2) is 0 Å². The van der Waals surface area contributed by atoms with Crippen molar-refractivity contribution in [3.8, 4) is 0 Å². The van der Waals surface area contributed by atoms with Crippen LogP contribution in [-0.4, -0.2) is 51.2 Å². The van der Waals surface area contributed by atoms with Crippen molar-refractivity contribution in [2.45, 2.75) is 117 Å². The van der Waals surface area contributed by atoms with Gasteiger partial charge in [-0.05, 0) is 32.6 Å². The van der Waals surface area contributed by atoms with Gasteiger partial charge in [0.2, 0.25) is 0 Å². The van der Waals surface area contributed by atoms with Gasteiger partial charge in [-0.1, -0.05) is 66.2 Å². The molecule has 29 heavy (non-hydrogen) atoms. The molecule has 1 rings (SSSR count). The summed E-state index contributed by atoms with van der Waals surface area (Å²) < 4.78 is 30.5. The maximum absolute atomic E-state index is 6.33. The zero-order valence-corrected chi connectivity index (χ0v) is 19.9. The zero-order valence-electron chi connectivity index (χ0n) is 19.9. The molecule has 1 aliphatic rings. The fourth-order valence-electron chi connectivity index (χ4n) is 3.56. The molecule has 0 N–H and O–H groups in total. The van der Waals surface area contributed by atoms with Gasteiger partial charge >= 0.3 is 0 Å². The summed E-state index contributed by atoms with van der Waals surface area (Å²) in [5.41, 5.74) is 0. The van der Waals surface area contributed by atoms with E-state index in [0.29, 0.717) is 26.4 Å². The fourth-order valence-corrected chi connectivity index (χ4v) is 3.56. The minimum absolute atomic E-state index is 0.0135. The van der Waals surface area contributed by atoms with E-state index in [1.807, 2.05) is 0 Å². The Morgan fingerprint density at radius 2 is 1.31 bits per heavy atom. The van der Waals surface area contributed by atoms with Crippen molar-refractivity contribution in [1.82, 2.24) is 0 Å². The van der Waals surface area contributed by atoms with E-state index in [9.17, 15) is 0 Å². The Morgan fingerprint density at radius 1 is 0.793 bits per heavy atom. The third-order valence-electron chi connectivity index (χ3n) is 5.36. The number of hydrogen-bond acceptors (Lipinski definition) is 5. The van der Waals surface area contributed by atoms with Crippen LogP contribution in [0.1, 0.15) is 98.8 Å². The molecule has 174 valence electrons. The van der Waals surface area contributed by atoms with Crippen LogP contribution >= 0.6 is 0 Å². The molecule has 1 heterocycles. The van der Waals surface area contributed by atoms with Crippen LogP contribution in [0.4, 0.5) is 0 Å². The van der Waals surface area contributed by atoms with Crippen molar-refractivity contribution >= 4 is 0 Å². The van der Waals surface area contributed by atoms with Crippen LogP contribution in [0.25, 0.3) is 0 Å². The highest BCUT2D eigenvalue weighted by Gasteiger charge is 2.46. The van der Waals surface area contributed by atoms with Crippen LogP contribution in [0.2, 0.25) is 0 Å². The van der Waals surface area contributed by atoms with Gasteiger partial charge in [0.1, 0.15) is 6.10 Å². The summed E-state index contributed by atoms with van der Waals surface area (Å²) in [5.74, 6) is -0.980. The first-order valence-electron chi connectivity index (χ1n) is 12.3. The summed E-state index contributed by atoms with van der Waals surface area (Å²) in [6.07, 6.45) is 11.6. The molecule has 1 saturated heterocycles. The van der Waals surface area contributed by atoms with Crippen molar-refractivity contribution in [2.75, 3.05) is 33.0 Å². The molecule has 0 saturated carbocycles. The van der Waals surface area contributed by atoms with Crippen LogP contribution in [0.15, 0.2) is 0 Å². The molecule has 0 radical (unpaired) electrons. The normalized spacial score (nSPS) is 18.7. The highest BCUT2D eigenvalue weighted by molar-refractivity contribution is 4.80. The minimum Gasteiger partial charge on any atom is -0.375 e. The largest absolute Gasteiger partial charge is 0.375 e. The lowest BCUT2D eigenvalue weighted by Crippen LogP contribution is -2.51. The second-order valence-electron chi connectivity index (χ2n) is 8.31. The van der Waals surface area contributed by atoms with Gasteiger partial charge in [0.05, 0.1) is 45.1 Å². The zero-order chi connectivity index (χ0) is 21.4. The predicted molar refractivity (Wildman–Crippen MR) is 118 cm³/mol. The molecule has 3 unspecified atom stereocenters. The van der Waals surface area contributed by atoms with Gasteiger partial charge in [-0.3, -0.25) is 0 Å². The first-order valence-corrected chi connectivity index (χ1v) is 12.3. The molecule has 0 aromatic rings. The fraction of sp³-hybridized carbons (Fsp3) is 1.00. The Kier molecular flexibility index (Phi) is 15.3. The van der Waals surface area contributed by atoms with Crippen molar-refractivity contribution in [3.05, 3.63) is 0 Å². The molecule has 1 aliphatic heterocycles. The standard InChI is InChI=1S/C24H48O5/c1-6-10-11-12-13-14-15-23(21(5)25-19-22-20-26-22)24(27-16-7-2,28-17-8-3)29-18-9-4/h21-23H,6-20H2,1-5H3. The predicted octanol–water partition coefficient (Wildman–Crippen LogP) is 6.09. The van der Waals surface area contributed by atoms with E-state index < -0.39 is 5.97 Å². The second-order valence-corrected chi connectivity index (χ2v) is 8.31. The molecule has 5 heteroatoms. The molecular weight excluding hydrogens is 368 g/mol. The summed E-state index contributed by atoms with van der Waals surface area (Å²) in [6, 6.07) is 0. The van der Waals surface area contributed by atoms with E-state index in [2.05, 4.69) is 34.6 Å². The third-order valence-corrected chi connectivity index (χ3v) is 5.36. The van der Waals surface area contributed by atoms with Crippen molar-refractivity contribution in [3.63, 3.8) is 0 Å². The maximum Gasteiger partial charge on any atom is 0.288 e. The highest BCUT2D eigenvalue weighted by atomic mass is 16.9. The second kappa shape index (κ2) is 16.5.